The Balaban J connectivity index is 1.64. The van der Waals surface area contributed by atoms with Gasteiger partial charge in [0.1, 0.15) is 11.3 Å². The number of hydrogen-bond donors (Lipinski definition) is 0. The smallest absolute Gasteiger partial charge is 0.344 e. The van der Waals surface area contributed by atoms with Crippen LogP contribution in [0.5, 0.6) is 23.0 Å². The number of rotatable bonds is 6. The molecule has 8 heteroatoms. The second kappa shape index (κ2) is 9.26. The number of hydrogen-bond acceptors (Lipinski definition) is 7. The molecule has 168 valence electrons. The topological polar surface area (TPSA) is 84.2 Å². The maximum Gasteiger partial charge on any atom is 0.344 e. The number of benzene rings is 3. The van der Waals surface area contributed by atoms with E-state index in [1.165, 1.54) is 39.5 Å². The Morgan fingerprint density at radius 2 is 1.52 bits per heavy atom. The number of carbonyl (C=O) groups excluding carboxylic acids is 1. The SMILES string of the molecule is COc1cc(C(=O)Oc2ccc3cc(-c4ccc(Cl)cc4)c(=O)oc3c2)cc(OC)c1OC. The lowest BCUT2D eigenvalue weighted by atomic mass is 10.1. The number of halogens is 1. The van der Waals surface area contributed by atoms with Crippen molar-refractivity contribution < 1.29 is 28.2 Å². The Morgan fingerprint density at radius 1 is 0.848 bits per heavy atom. The number of ether oxygens (including phenoxy) is 4. The molecule has 0 saturated carbocycles. The second-order valence-corrected chi connectivity index (χ2v) is 7.39. The minimum absolute atomic E-state index is 0.198. The van der Waals surface area contributed by atoms with E-state index in [-0.39, 0.29) is 16.9 Å². The van der Waals surface area contributed by atoms with Gasteiger partial charge in [0, 0.05) is 16.5 Å². The highest BCUT2D eigenvalue weighted by Crippen LogP contribution is 2.38. The molecule has 0 bridgehead atoms. The van der Waals surface area contributed by atoms with Crippen molar-refractivity contribution in [3.63, 3.8) is 0 Å². The summed E-state index contributed by atoms with van der Waals surface area (Å²) in [5.41, 5.74) is 1.06. The molecule has 4 aromatic rings. The maximum absolute atomic E-state index is 12.7. The van der Waals surface area contributed by atoms with Gasteiger partial charge in [-0.15, -0.1) is 0 Å². The van der Waals surface area contributed by atoms with Crippen molar-refractivity contribution in [2.45, 2.75) is 0 Å². The third-order valence-electron chi connectivity index (χ3n) is 4.97. The standard InChI is InChI=1S/C25H19ClO7/c1-29-21-11-16(12-22(30-2)23(21)31-3)24(27)32-18-9-6-15-10-19(25(28)33-20(15)13-18)14-4-7-17(26)8-5-14/h4-13H,1-3H3. The van der Waals surface area contributed by atoms with Crippen molar-refractivity contribution in [3.05, 3.63) is 81.7 Å². The van der Waals surface area contributed by atoms with E-state index in [9.17, 15) is 9.59 Å². The van der Waals surface area contributed by atoms with Crippen LogP contribution in [0.4, 0.5) is 0 Å². The van der Waals surface area contributed by atoms with Gasteiger partial charge in [-0.25, -0.2) is 9.59 Å². The van der Waals surface area contributed by atoms with Gasteiger partial charge < -0.3 is 23.4 Å². The van der Waals surface area contributed by atoms with Crippen LogP contribution < -0.4 is 24.6 Å². The van der Waals surface area contributed by atoms with Crippen LogP contribution in [-0.2, 0) is 0 Å². The van der Waals surface area contributed by atoms with Gasteiger partial charge in [-0.1, -0.05) is 23.7 Å². The number of carbonyl (C=O) groups is 1. The molecule has 0 aliphatic carbocycles. The summed E-state index contributed by atoms with van der Waals surface area (Å²) in [6.07, 6.45) is 0. The van der Waals surface area contributed by atoms with Gasteiger partial charge in [-0.05, 0) is 48.0 Å². The molecule has 0 aliphatic rings. The molecule has 7 nitrogen and oxygen atoms in total. The zero-order valence-electron chi connectivity index (χ0n) is 18.0. The van der Waals surface area contributed by atoms with Crippen LogP contribution in [0, 0.1) is 0 Å². The summed E-state index contributed by atoms with van der Waals surface area (Å²) in [4.78, 5) is 25.3. The van der Waals surface area contributed by atoms with E-state index in [1.54, 1.807) is 42.5 Å². The van der Waals surface area contributed by atoms with Crippen LogP contribution >= 0.6 is 11.6 Å². The Bertz CT molecular complexity index is 1370. The highest BCUT2D eigenvalue weighted by Gasteiger charge is 2.19. The molecule has 0 aliphatic heterocycles. The Kier molecular flexibility index (Phi) is 6.24. The first-order chi connectivity index (χ1) is 15.9. The van der Waals surface area contributed by atoms with Crippen LogP contribution in [0.1, 0.15) is 10.4 Å². The maximum atomic E-state index is 12.7. The normalized spacial score (nSPS) is 10.7. The fraction of sp³-hybridized carbons (Fsp3) is 0.120. The Morgan fingerprint density at radius 3 is 2.12 bits per heavy atom. The quantitative estimate of drug-likeness (QED) is 0.215. The van der Waals surface area contributed by atoms with Crippen LogP contribution in [0.3, 0.4) is 0 Å². The van der Waals surface area contributed by atoms with Crippen LogP contribution in [0.15, 0.2) is 69.9 Å². The minimum Gasteiger partial charge on any atom is -0.493 e. The van der Waals surface area contributed by atoms with E-state index in [2.05, 4.69) is 0 Å². The summed E-state index contributed by atoms with van der Waals surface area (Å²) in [5.74, 6) is 0.573. The third kappa shape index (κ3) is 4.49. The number of esters is 1. The Labute approximate surface area is 194 Å². The lowest BCUT2D eigenvalue weighted by molar-refractivity contribution is 0.0734. The molecular weight excluding hydrogens is 448 g/mol. The average molecular weight is 467 g/mol. The van der Waals surface area contributed by atoms with Crippen LogP contribution in [0.2, 0.25) is 5.02 Å². The predicted octanol–water partition coefficient (Wildman–Crippen LogP) is 5.36. The summed E-state index contributed by atoms with van der Waals surface area (Å²) in [7, 11) is 4.38. The van der Waals surface area contributed by atoms with Crippen molar-refractivity contribution in [1.82, 2.24) is 0 Å². The molecule has 0 fully saturated rings. The summed E-state index contributed by atoms with van der Waals surface area (Å²) in [6.45, 7) is 0. The van der Waals surface area contributed by atoms with Gasteiger partial charge in [0.25, 0.3) is 0 Å². The third-order valence-corrected chi connectivity index (χ3v) is 5.23. The fourth-order valence-electron chi connectivity index (χ4n) is 3.35. The van der Waals surface area contributed by atoms with Gasteiger partial charge in [-0.3, -0.25) is 0 Å². The largest absolute Gasteiger partial charge is 0.493 e. The molecule has 0 unspecified atom stereocenters. The predicted molar refractivity (Wildman–Crippen MR) is 124 cm³/mol. The van der Waals surface area contributed by atoms with Crippen molar-refractivity contribution in [1.29, 1.82) is 0 Å². The van der Waals surface area contributed by atoms with E-state index in [1.807, 2.05) is 0 Å². The minimum atomic E-state index is -0.645. The molecule has 3 aromatic carbocycles. The zero-order chi connectivity index (χ0) is 23.5. The van der Waals surface area contributed by atoms with Gasteiger partial charge in [-0.2, -0.15) is 0 Å². The van der Waals surface area contributed by atoms with Crippen molar-refractivity contribution in [2.75, 3.05) is 21.3 Å². The van der Waals surface area contributed by atoms with E-state index in [0.29, 0.717) is 38.8 Å². The van der Waals surface area contributed by atoms with E-state index in [0.717, 1.165) is 0 Å². The van der Waals surface area contributed by atoms with Crippen LogP contribution in [-0.4, -0.2) is 27.3 Å². The molecule has 33 heavy (non-hydrogen) atoms. The lowest BCUT2D eigenvalue weighted by Gasteiger charge is -2.13. The zero-order valence-corrected chi connectivity index (χ0v) is 18.8. The van der Waals surface area contributed by atoms with Gasteiger partial charge in [0.15, 0.2) is 11.5 Å². The molecule has 0 N–H and O–H groups in total. The summed E-state index contributed by atoms with van der Waals surface area (Å²) in [5, 5.41) is 1.25. The molecule has 1 heterocycles. The molecule has 0 saturated heterocycles. The highest BCUT2D eigenvalue weighted by molar-refractivity contribution is 6.30. The van der Waals surface area contributed by atoms with Crippen molar-refractivity contribution in [2.24, 2.45) is 0 Å². The summed E-state index contributed by atoms with van der Waals surface area (Å²) in [6, 6.07) is 16.4. The Hall–Kier alpha value is -3.97. The average Bonchev–Trinajstić information content (AvgIpc) is 2.83. The molecule has 0 spiro atoms. The monoisotopic (exact) mass is 466 g/mol. The number of methoxy groups -OCH3 is 3. The molecule has 0 amide bonds. The van der Waals surface area contributed by atoms with Crippen molar-refractivity contribution in [3.8, 4) is 34.1 Å². The fourth-order valence-corrected chi connectivity index (χ4v) is 3.48. The first-order valence-corrected chi connectivity index (χ1v) is 10.2. The van der Waals surface area contributed by atoms with Gasteiger partial charge >= 0.3 is 11.6 Å². The van der Waals surface area contributed by atoms with E-state index in [4.69, 9.17) is 35.0 Å². The summed E-state index contributed by atoms with van der Waals surface area (Å²) >= 11 is 5.92. The summed E-state index contributed by atoms with van der Waals surface area (Å²) < 4.78 is 26.8. The first-order valence-electron chi connectivity index (χ1n) is 9.79. The van der Waals surface area contributed by atoms with Crippen molar-refractivity contribution >= 4 is 28.5 Å². The molecule has 0 atom stereocenters. The van der Waals surface area contributed by atoms with Gasteiger partial charge in [0.05, 0.1) is 32.5 Å². The highest BCUT2D eigenvalue weighted by atomic mass is 35.5. The molecule has 0 radical (unpaired) electrons. The molecule has 1 aromatic heterocycles. The second-order valence-electron chi connectivity index (χ2n) is 6.96. The van der Waals surface area contributed by atoms with Gasteiger partial charge in [0.2, 0.25) is 5.75 Å². The molecular formula is C25H19ClO7. The lowest BCUT2D eigenvalue weighted by Crippen LogP contribution is -2.10. The number of fused-ring (bicyclic) bond motifs is 1. The first kappa shape index (κ1) is 22.2. The molecule has 4 rings (SSSR count). The van der Waals surface area contributed by atoms with E-state index >= 15 is 0 Å². The van der Waals surface area contributed by atoms with Crippen LogP contribution in [0.25, 0.3) is 22.1 Å². The van der Waals surface area contributed by atoms with E-state index < -0.39 is 11.6 Å².